The molecule has 0 radical (unpaired) electrons. The largest absolute Gasteiger partial charge is 0.462 e. The van der Waals surface area contributed by atoms with E-state index in [-0.39, 0.29) is 0 Å². The molecule has 0 aliphatic heterocycles. The summed E-state index contributed by atoms with van der Waals surface area (Å²) in [6, 6.07) is 3.11. The molecule has 0 spiro atoms. The summed E-state index contributed by atoms with van der Waals surface area (Å²) in [4.78, 5) is 15.1. The molecule has 0 saturated carbocycles. The second kappa shape index (κ2) is 4.58. The number of carbonyl (C=O) groups is 1. The molecule has 0 atom stereocenters. The van der Waals surface area contributed by atoms with Crippen LogP contribution in [0.25, 0.3) is 0 Å². The Labute approximate surface area is 89.2 Å². The van der Waals surface area contributed by atoms with Gasteiger partial charge in [-0.3, -0.25) is 0 Å². The number of rotatable bonds is 2. The van der Waals surface area contributed by atoms with Gasteiger partial charge in [0.15, 0.2) is 0 Å². The third kappa shape index (κ3) is 2.67. The molecule has 70 valence electrons. The van der Waals surface area contributed by atoms with Crippen LogP contribution < -0.4 is 0 Å². The predicted molar refractivity (Wildman–Crippen MR) is 52.9 cm³/mol. The van der Waals surface area contributed by atoms with Gasteiger partial charge in [0.2, 0.25) is 0 Å². The maximum atomic E-state index is 11.2. The first-order valence-electron chi connectivity index (χ1n) is 3.64. The van der Waals surface area contributed by atoms with E-state index in [1.807, 2.05) is 0 Å². The fraction of sp³-hybridized carbons (Fsp3) is 0.250. The summed E-state index contributed by atoms with van der Waals surface area (Å²) in [6.45, 7) is 2.09. The second-order valence-electron chi connectivity index (χ2n) is 2.19. The van der Waals surface area contributed by atoms with Gasteiger partial charge in [0, 0.05) is 0 Å². The number of hydrogen-bond acceptors (Lipinski definition) is 3. The van der Waals surface area contributed by atoms with Crippen LogP contribution in [0.15, 0.2) is 16.7 Å². The summed E-state index contributed by atoms with van der Waals surface area (Å²) >= 11 is 8.73. The third-order valence-corrected chi connectivity index (χ3v) is 2.13. The molecule has 13 heavy (non-hydrogen) atoms. The van der Waals surface area contributed by atoms with Crippen molar-refractivity contribution in [1.82, 2.24) is 4.98 Å². The number of pyridine rings is 1. The summed E-state index contributed by atoms with van der Waals surface area (Å²) in [7, 11) is 0. The Morgan fingerprint density at radius 3 is 2.92 bits per heavy atom. The minimum Gasteiger partial charge on any atom is -0.462 e. The molecule has 1 aromatic rings. The number of esters is 1. The first-order chi connectivity index (χ1) is 6.15. The van der Waals surface area contributed by atoms with E-state index >= 15 is 0 Å². The van der Waals surface area contributed by atoms with Crippen molar-refractivity contribution in [3.63, 3.8) is 0 Å². The van der Waals surface area contributed by atoms with Gasteiger partial charge in [0.05, 0.1) is 12.2 Å². The van der Waals surface area contributed by atoms with Gasteiger partial charge in [-0.25, -0.2) is 9.78 Å². The Bertz CT molecular complexity index is 330. The van der Waals surface area contributed by atoms with Crippen LogP contribution in [0.1, 0.15) is 17.3 Å². The highest BCUT2D eigenvalue weighted by molar-refractivity contribution is 9.10. The maximum Gasteiger partial charge on any atom is 0.340 e. The van der Waals surface area contributed by atoms with Crippen LogP contribution >= 0.6 is 27.5 Å². The van der Waals surface area contributed by atoms with Gasteiger partial charge in [-0.05, 0) is 35.0 Å². The topological polar surface area (TPSA) is 39.2 Å². The lowest BCUT2D eigenvalue weighted by Crippen LogP contribution is -2.06. The van der Waals surface area contributed by atoms with Crippen molar-refractivity contribution in [2.75, 3.05) is 6.61 Å². The molecule has 0 aromatic carbocycles. The Balaban J connectivity index is 2.95. The zero-order valence-corrected chi connectivity index (χ0v) is 9.22. The summed E-state index contributed by atoms with van der Waals surface area (Å²) in [6.07, 6.45) is 0. The lowest BCUT2D eigenvalue weighted by molar-refractivity contribution is 0.0524. The minimum atomic E-state index is -0.404. The van der Waals surface area contributed by atoms with Crippen LogP contribution in [0.4, 0.5) is 0 Å². The third-order valence-electron chi connectivity index (χ3n) is 1.31. The zero-order valence-electron chi connectivity index (χ0n) is 6.88. The van der Waals surface area contributed by atoms with Crippen molar-refractivity contribution in [2.45, 2.75) is 6.92 Å². The molecule has 3 nitrogen and oxygen atoms in total. The number of ether oxygens (including phenoxy) is 1. The molecule has 0 aliphatic rings. The Hall–Kier alpha value is -0.610. The highest BCUT2D eigenvalue weighted by Crippen LogP contribution is 2.17. The smallest absolute Gasteiger partial charge is 0.340 e. The van der Waals surface area contributed by atoms with E-state index in [1.165, 1.54) is 0 Å². The van der Waals surface area contributed by atoms with Gasteiger partial charge in [-0.2, -0.15) is 0 Å². The number of halogens is 2. The molecule has 1 rings (SSSR count). The lowest BCUT2D eigenvalue weighted by Gasteiger charge is -2.02. The van der Waals surface area contributed by atoms with E-state index < -0.39 is 5.97 Å². The molecule has 0 N–H and O–H groups in total. The van der Waals surface area contributed by atoms with E-state index in [0.717, 1.165) is 0 Å². The van der Waals surface area contributed by atoms with Crippen LogP contribution in [-0.2, 0) is 4.74 Å². The van der Waals surface area contributed by atoms with Crippen molar-refractivity contribution in [1.29, 1.82) is 0 Å². The van der Waals surface area contributed by atoms with E-state index in [0.29, 0.717) is 21.9 Å². The van der Waals surface area contributed by atoms with Gasteiger partial charge < -0.3 is 4.74 Å². The van der Waals surface area contributed by atoms with Crippen LogP contribution in [0.2, 0.25) is 5.15 Å². The summed E-state index contributed by atoms with van der Waals surface area (Å²) in [5.74, 6) is -0.404. The second-order valence-corrected chi connectivity index (χ2v) is 3.33. The fourth-order valence-electron chi connectivity index (χ4n) is 0.773. The van der Waals surface area contributed by atoms with Gasteiger partial charge in [0.25, 0.3) is 0 Å². The molecular formula is C8H7BrClNO2. The van der Waals surface area contributed by atoms with Gasteiger partial charge in [-0.15, -0.1) is 0 Å². The van der Waals surface area contributed by atoms with E-state index in [2.05, 4.69) is 20.9 Å². The summed E-state index contributed by atoms with van der Waals surface area (Å²) in [5, 5.41) is 0.333. The van der Waals surface area contributed by atoms with E-state index in [1.54, 1.807) is 19.1 Å². The van der Waals surface area contributed by atoms with Crippen LogP contribution in [0.3, 0.4) is 0 Å². The molecule has 0 aliphatic carbocycles. The SMILES string of the molecule is CCOC(=O)c1ccc(Cl)nc1Br. The average molecular weight is 265 g/mol. The standard InChI is InChI=1S/C8H7BrClNO2/c1-2-13-8(12)5-3-4-6(10)11-7(5)9/h3-4H,2H2,1H3. The van der Waals surface area contributed by atoms with Crippen LogP contribution in [0, 0.1) is 0 Å². The zero-order chi connectivity index (χ0) is 9.84. The van der Waals surface area contributed by atoms with Crippen LogP contribution in [0.5, 0.6) is 0 Å². The molecule has 0 unspecified atom stereocenters. The van der Waals surface area contributed by atoms with Crippen LogP contribution in [-0.4, -0.2) is 17.6 Å². The first kappa shape index (κ1) is 10.5. The highest BCUT2D eigenvalue weighted by Gasteiger charge is 2.11. The summed E-state index contributed by atoms with van der Waals surface area (Å²) in [5.41, 5.74) is 0.381. The Kier molecular flexibility index (Phi) is 3.69. The monoisotopic (exact) mass is 263 g/mol. The van der Waals surface area contributed by atoms with Gasteiger partial charge in [-0.1, -0.05) is 11.6 Å². The molecule has 0 fully saturated rings. The van der Waals surface area contributed by atoms with E-state index in [4.69, 9.17) is 16.3 Å². The first-order valence-corrected chi connectivity index (χ1v) is 4.81. The minimum absolute atomic E-state index is 0.333. The molecular weight excluding hydrogens is 257 g/mol. The number of hydrogen-bond donors (Lipinski definition) is 0. The average Bonchev–Trinajstić information content (AvgIpc) is 2.04. The number of aromatic nitrogens is 1. The van der Waals surface area contributed by atoms with Crippen molar-refractivity contribution in [2.24, 2.45) is 0 Å². The molecule has 0 saturated heterocycles. The quantitative estimate of drug-likeness (QED) is 0.609. The Morgan fingerprint density at radius 2 is 2.38 bits per heavy atom. The van der Waals surface area contributed by atoms with E-state index in [9.17, 15) is 4.79 Å². The summed E-state index contributed by atoms with van der Waals surface area (Å²) < 4.78 is 5.20. The Morgan fingerprint density at radius 1 is 1.69 bits per heavy atom. The fourth-order valence-corrected chi connectivity index (χ4v) is 1.51. The molecule has 1 heterocycles. The lowest BCUT2D eigenvalue weighted by atomic mass is 10.3. The molecule has 0 bridgehead atoms. The maximum absolute atomic E-state index is 11.2. The van der Waals surface area contributed by atoms with Crippen molar-refractivity contribution in [3.8, 4) is 0 Å². The van der Waals surface area contributed by atoms with Gasteiger partial charge in [0.1, 0.15) is 9.76 Å². The number of nitrogens with zero attached hydrogens (tertiary/aromatic N) is 1. The number of carbonyl (C=O) groups excluding carboxylic acids is 1. The normalized spacial score (nSPS) is 9.77. The van der Waals surface area contributed by atoms with Crippen molar-refractivity contribution >= 4 is 33.5 Å². The molecule has 5 heteroatoms. The molecule has 0 amide bonds. The highest BCUT2D eigenvalue weighted by atomic mass is 79.9. The van der Waals surface area contributed by atoms with Gasteiger partial charge >= 0.3 is 5.97 Å². The van der Waals surface area contributed by atoms with Crippen molar-refractivity contribution < 1.29 is 9.53 Å². The predicted octanol–water partition coefficient (Wildman–Crippen LogP) is 2.67. The van der Waals surface area contributed by atoms with Crippen molar-refractivity contribution in [3.05, 3.63) is 27.5 Å². The molecule has 1 aromatic heterocycles.